The molecule has 0 saturated heterocycles. The summed E-state index contributed by atoms with van der Waals surface area (Å²) in [6.45, 7) is 0. The molecular weight excluding hydrogens is 619 g/mol. The lowest BCUT2D eigenvalue weighted by molar-refractivity contribution is -0.336. The predicted molar refractivity (Wildman–Crippen MR) is 93.1 cm³/mol. The maximum atomic E-state index is 11.2. The molecule has 0 fully saturated rings. The fourth-order valence-corrected chi connectivity index (χ4v) is 4.36. The van der Waals surface area contributed by atoms with Gasteiger partial charge in [0.15, 0.2) is 0 Å². The molecule has 0 amide bonds. The standard InChI is InChI=1S/C12H15O20P5/c13-33(14,15)28-7-1-6(2-8(3-7)29-34(16,17)18)12-10(31-36(22,23)24)4-9(30-35(19,20)21)5-11(12)32-37(25,26)27/h1-5H,(H2,13,14,15)(H2,16,17,18)(H2,19,20,21)(H2,22,23,24)(H2,25,26,27)/p-10. The molecule has 2 aromatic carbocycles. The second kappa shape index (κ2) is 10.8. The van der Waals surface area contributed by atoms with Crippen LogP contribution in [-0.4, -0.2) is 0 Å². The zero-order valence-electron chi connectivity index (χ0n) is 16.8. The summed E-state index contributed by atoms with van der Waals surface area (Å²) in [7, 11) is -30.2. The zero-order chi connectivity index (χ0) is 28.6. The highest BCUT2D eigenvalue weighted by Crippen LogP contribution is 2.51. The molecule has 0 spiro atoms. The van der Waals surface area contributed by atoms with E-state index >= 15 is 0 Å². The van der Waals surface area contributed by atoms with Gasteiger partial charge in [-0.05, 0) is 17.7 Å². The van der Waals surface area contributed by atoms with Gasteiger partial charge in [-0.15, -0.1) is 0 Å². The third-order valence-electron chi connectivity index (χ3n) is 3.28. The summed E-state index contributed by atoms with van der Waals surface area (Å²) >= 11 is 0. The molecule has 2 rings (SSSR count). The van der Waals surface area contributed by atoms with Crippen LogP contribution in [-0.2, 0) is 22.8 Å². The van der Waals surface area contributed by atoms with Gasteiger partial charge < -0.3 is 94.4 Å². The Morgan fingerprint density at radius 1 is 0.405 bits per heavy atom. The van der Waals surface area contributed by atoms with Crippen molar-refractivity contribution in [1.29, 1.82) is 0 Å². The Balaban J connectivity index is 2.97. The molecule has 0 radical (unpaired) electrons. The summed E-state index contributed by atoms with van der Waals surface area (Å²) in [6, 6.07) is 1.40. The molecule has 2 aromatic rings. The SMILES string of the molecule is O=P([O-])([O-])Oc1cc(OP(=O)([O-])[O-])cc(-c2c(OP(=O)([O-])[O-])cc(OP(=O)([O-])[O-])cc2OP(=O)([O-])[O-])c1. The van der Waals surface area contributed by atoms with E-state index in [1.807, 2.05) is 0 Å². The van der Waals surface area contributed by atoms with Crippen LogP contribution >= 0.6 is 39.1 Å². The van der Waals surface area contributed by atoms with Gasteiger partial charge >= 0.3 is 0 Å². The van der Waals surface area contributed by atoms with E-state index in [1.54, 1.807) is 0 Å². The topological polar surface area (TPSA) is 362 Å². The Kier molecular flexibility index (Phi) is 9.13. The quantitative estimate of drug-likeness (QED) is 0.210. The van der Waals surface area contributed by atoms with E-state index in [1.165, 1.54) is 0 Å². The lowest BCUT2D eigenvalue weighted by atomic mass is 10.0. The lowest BCUT2D eigenvalue weighted by Gasteiger charge is -2.35. The van der Waals surface area contributed by atoms with Crippen LogP contribution in [0.1, 0.15) is 0 Å². The molecule has 25 heteroatoms. The molecule has 20 nitrogen and oxygen atoms in total. The van der Waals surface area contributed by atoms with Gasteiger partial charge in [0.25, 0.3) is 0 Å². The maximum Gasteiger partial charge on any atom is 0.139 e. The Morgan fingerprint density at radius 3 is 0.946 bits per heavy atom. The first-order valence-electron chi connectivity index (χ1n) is 8.31. The molecule has 0 aromatic heterocycles. The third kappa shape index (κ3) is 11.6. The number of phosphoric ester groups is 5. The van der Waals surface area contributed by atoms with E-state index < -0.39 is 79.0 Å². The Labute approximate surface area is 204 Å². The second-order valence-corrected chi connectivity index (χ2v) is 11.6. The third-order valence-corrected chi connectivity index (χ3v) is 5.42. The predicted octanol–water partition coefficient (Wildman–Crippen LogP) is -5.61. The van der Waals surface area contributed by atoms with Crippen LogP contribution in [0, 0.1) is 0 Å². The average Bonchev–Trinajstić information content (AvgIpc) is 2.53. The van der Waals surface area contributed by atoms with Gasteiger partial charge in [-0.3, -0.25) is 0 Å². The highest BCUT2D eigenvalue weighted by molar-refractivity contribution is 7.44. The van der Waals surface area contributed by atoms with E-state index in [9.17, 15) is 71.8 Å². The van der Waals surface area contributed by atoms with Crippen molar-refractivity contribution in [2.45, 2.75) is 0 Å². The van der Waals surface area contributed by atoms with Crippen LogP contribution in [0.2, 0.25) is 0 Å². The molecule has 0 aliphatic carbocycles. The molecular formula is C12H5O20P5-10. The van der Waals surface area contributed by atoms with Crippen molar-refractivity contribution < 1.29 is 94.4 Å². The van der Waals surface area contributed by atoms with E-state index in [0.29, 0.717) is 18.2 Å². The molecule has 0 N–H and O–H groups in total. The summed E-state index contributed by atoms with van der Waals surface area (Å²) in [5, 5.41) is 0. The number of hydrogen-bond donors (Lipinski definition) is 0. The fraction of sp³-hybridized carbons (Fsp3) is 0. The zero-order valence-corrected chi connectivity index (χ0v) is 21.3. The van der Waals surface area contributed by atoms with Crippen molar-refractivity contribution in [3.63, 3.8) is 0 Å². The largest absolute Gasteiger partial charge is 0.780 e. The van der Waals surface area contributed by atoms with Crippen LogP contribution < -0.4 is 71.6 Å². The summed E-state index contributed by atoms with van der Waals surface area (Å²) in [6.07, 6.45) is 0. The van der Waals surface area contributed by atoms with E-state index in [0.717, 1.165) is 0 Å². The van der Waals surface area contributed by atoms with Crippen molar-refractivity contribution in [2.75, 3.05) is 0 Å². The van der Waals surface area contributed by atoms with Crippen molar-refractivity contribution in [3.8, 4) is 39.9 Å². The molecule has 208 valence electrons. The molecule has 0 bridgehead atoms. The van der Waals surface area contributed by atoms with Crippen LogP contribution in [0.3, 0.4) is 0 Å². The van der Waals surface area contributed by atoms with E-state index in [-0.39, 0.29) is 12.1 Å². The summed E-state index contributed by atoms with van der Waals surface area (Å²) < 4.78 is 75.2. The second-order valence-electron chi connectivity index (χ2n) is 6.18. The van der Waals surface area contributed by atoms with E-state index in [2.05, 4.69) is 22.6 Å². The number of benzene rings is 2. The Bertz CT molecular complexity index is 1320. The Morgan fingerprint density at radius 2 is 0.676 bits per heavy atom. The van der Waals surface area contributed by atoms with Gasteiger partial charge in [0.1, 0.15) is 67.9 Å². The molecule has 0 heterocycles. The van der Waals surface area contributed by atoms with Crippen LogP contribution in [0.4, 0.5) is 0 Å². The monoisotopic (exact) mass is 624 g/mol. The van der Waals surface area contributed by atoms with Crippen LogP contribution in [0.25, 0.3) is 11.1 Å². The molecule has 0 saturated carbocycles. The summed E-state index contributed by atoms with van der Waals surface area (Å²) in [5.41, 5.74) is -2.15. The molecule has 37 heavy (non-hydrogen) atoms. The highest BCUT2D eigenvalue weighted by Gasteiger charge is 2.21. The summed E-state index contributed by atoms with van der Waals surface area (Å²) in [4.78, 5) is 111. The van der Waals surface area contributed by atoms with Gasteiger partial charge in [-0.25, -0.2) is 0 Å². The van der Waals surface area contributed by atoms with Crippen molar-refractivity contribution in [2.24, 2.45) is 0 Å². The van der Waals surface area contributed by atoms with Crippen molar-refractivity contribution in [1.82, 2.24) is 0 Å². The highest BCUT2D eigenvalue weighted by atomic mass is 31.2. The summed E-state index contributed by atoms with van der Waals surface area (Å²) in [5.74, 6) is -6.57. The average molecular weight is 624 g/mol. The molecule has 0 unspecified atom stereocenters. The first-order chi connectivity index (χ1) is 16.4. The Hall–Kier alpha value is -1.81. The minimum atomic E-state index is -6.18. The lowest BCUT2D eigenvalue weighted by Crippen LogP contribution is -2.21. The van der Waals surface area contributed by atoms with Crippen molar-refractivity contribution in [3.05, 3.63) is 30.3 Å². The van der Waals surface area contributed by atoms with Gasteiger partial charge in [0.2, 0.25) is 0 Å². The van der Waals surface area contributed by atoms with Gasteiger partial charge in [0.05, 0.1) is 5.56 Å². The molecule has 0 atom stereocenters. The van der Waals surface area contributed by atoms with Crippen molar-refractivity contribution >= 4 is 39.1 Å². The maximum absolute atomic E-state index is 11.2. The number of phosphoric acid groups is 5. The molecule has 0 aliphatic heterocycles. The van der Waals surface area contributed by atoms with Crippen LogP contribution in [0.15, 0.2) is 30.3 Å². The fourth-order valence-electron chi connectivity index (χ4n) is 2.50. The van der Waals surface area contributed by atoms with Gasteiger partial charge in [-0.1, -0.05) is 0 Å². The first kappa shape index (κ1) is 31.4. The first-order valence-corrected chi connectivity index (χ1v) is 15.6. The normalized spacial score (nSPS) is 13.1. The van der Waals surface area contributed by atoms with Crippen LogP contribution in [0.5, 0.6) is 28.7 Å². The minimum absolute atomic E-state index is 0.153. The van der Waals surface area contributed by atoms with Gasteiger partial charge in [-0.2, -0.15) is 0 Å². The number of hydrogen-bond acceptors (Lipinski definition) is 20. The van der Waals surface area contributed by atoms with Gasteiger partial charge in [0, 0.05) is 18.2 Å². The van der Waals surface area contributed by atoms with E-state index in [4.69, 9.17) is 0 Å². The minimum Gasteiger partial charge on any atom is -0.780 e. The molecule has 0 aliphatic rings. The number of rotatable bonds is 11. The smallest absolute Gasteiger partial charge is 0.139 e.